The van der Waals surface area contributed by atoms with Crippen molar-refractivity contribution in [1.82, 2.24) is 0 Å². The lowest BCUT2D eigenvalue weighted by molar-refractivity contribution is 0.446. The standard InChI is InChI=1S/C16H25NO/c1-6-13(7-2)17-11-12-9-8-10-14(15(12)18)16(3,4)5/h8-11,13,18H,6-7H2,1-5H3. The van der Waals surface area contributed by atoms with Crippen LogP contribution in [0.1, 0.15) is 58.6 Å². The van der Waals surface area contributed by atoms with Crippen LogP contribution in [0.4, 0.5) is 0 Å². The summed E-state index contributed by atoms with van der Waals surface area (Å²) in [5.41, 5.74) is 1.73. The van der Waals surface area contributed by atoms with Gasteiger partial charge in [-0.05, 0) is 29.9 Å². The molecule has 1 rings (SSSR count). The Hall–Kier alpha value is -1.31. The van der Waals surface area contributed by atoms with Crippen LogP contribution in [-0.4, -0.2) is 17.4 Å². The van der Waals surface area contributed by atoms with E-state index in [-0.39, 0.29) is 5.41 Å². The maximum Gasteiger partial charge on any atom is 0.128 e. The summed E-state index contributed by atoms with van der Waals surface area (Å²) in [4.78, 5) is 4.53. The Kier molecular flexibility index (Phi) is 4.94. The minimum atomic E-state index is -0.0527. The molecule has 0 amide bonds. The highest BCUT2D eigenvalue weighted by atomic mass is 16.3. The zero-order valence-corrected chi connectivity index (χ0v) is 12.2. The molecule has 0 unspecified atom stereocenters. The summed E-state index contributed by atoms with van der Waals surface area (Å²) < 4.78 is 0. The van der Waals surface area contributed by atoms with Gasteiger partial charge in [0.05, 0.1) is 0 Å². The molecule has 18 heavy (non-hydrogen) atoms. The largest absolute Gasteiger partial charge is 0.507 e. The smallest absolute Gasteiger partial charge is 0.128 e. The zero-order valence-electron chi connectivity index (χ0n) is 12.2. The van der Waals surface area contributed by atoms with Crippen LogP contribution in [0.3, 0.4) is 0 Å². The molecule has 0 aliphatic carbocycles. The molecule has 0 aromatic heterocycles. The number of benzene rings is 1. The molecule has 0 aliphatic heterocycles. The van der Waals surface area contributed by atoms with E-state index in [1.807, 2.05) is 24.4 Å². The molecule has 0 bridgehead atoms. The van der Waals surface area contributed by atoms with E-state index in [1.165, 1.54) is 0 Å². The number of aromatic hydroxyl groups is 1. The van der Waals surface area contributed by atoms with Crippen molar-refractivity contribution in [2.45, 2.75) is 58.9 Å². The van der Waals surface area contributed by atoms with Gasteiger partial charge in [0.1, 0.15) is 5.75 Å². The fourth-order valence-corrected chi connectivity index (χ4v) is 1.96. The Morgan fingerprint density at radius 3 is 2.33 bits per heavy atom. The second kappa shape index (κ2) is 6.03. The predicted molar refractivity (Wildman–Crippen MR) is 78.8 cm³/mol. The van der Waals surface area contributed by atoms with E-state index in [2.05, 4.69) is 39.6 Å². The highest BCUT2D eigenvalue weighted by molar-refractivity contribution is 5.84. The normalized spacial score (nSPS) is 12.6. The molecular formula is C16H25NO. The zero-order chi connectivity index (χ0) is 13.8. The second-order valence-electron chi connectivity index (χ2n) is 5.74. The highest BCUT2D eigenvalue weighted by Gasteiger charge is 2.19. The fraction of sp³-hybridized carbons (Fsp3) is 0.562. The number of hydrogen-bond acceptors (Lipinski definition) is 2. The van der Waals surface area contributed by atoms with Crippen LogP contribution in [0, 0.1) is 0 Å². The third-order valence-electron chi connectivity index (χ3n) is 3.24. The van der Waals surface area contributed by atoms with Gasteiger partial charge in [-0.25, -0.2) is 0 Å². The van der Waals surface area contributed by atoms with E-state index < -0.39 is 0 Å². The topological polar surface area (TPSA) is 32.6 Å². The summed E-state index contributed by atoms with van der Waals surface area (Å²) in [6.45, 7) is 10.6. The van der Waals surface area contributed by atoms with E-state index in [0.717, 1.165) is 24.0 Å². The van der Waals surface area contributed by atoms with Gasteiger partial charge in [0.15, 0.2) is 0 Å². The predicted octanol–water partition coefficient (Wildman–Crippen LogP) is 4.30. The number of aliphatic imine (C=N–C) groups is 1. The molecule has 0 radical (unpaired) electrons. The number of phenolic OH excluding ortho intramolecular Hbond substituents is 1. The van der Waals surface area contributed by atoms with Gasteiger partial charge in [0, 0.05) is 17.8 Å². The van der Waals surface area contributed by atoms with Crippen LogP contribution in [0.2, 0.25) is 0 Å². The average molecular weight is 247 g/mol. The van der Waals surface area contributed by atoms with Gasteiger partial charge in [-0.3, -0.25) is 4.99 Å². The number of rotatable bonds is 4. The van der Waals surface area contributed by atoms with E-state index in [4.69, 9.17) is 0 Å². The molecule has 1 N–H and O–H groups in total. The number of nitrogens with zero attached hydrogens (tertiary/aromatic N) is 1. The minimum absolute atomic E-state index is 0.0527. The number of hydrogen-bond donors (Lipinski definition) is 1. The Balaban J connectivity index is 3.05. The van der Waals surface area contributed by atoms with E-state index in [9.17, 15) is 5.11 Å². The van der Waals surface area contributed by atoms with Crippen molar-refractivity contribution in [2.24, 2.45) is 4.99 Å². The van der Waals surface area contributed by atoms with Crippen LogP contribution < -0.4 is 0 Å². The molecule has 1 aromatic rings. The molecule has 2 nitrogen and oxygen atoms in total. The molecule has 0 atom stereocenters. The van der Waals surface area contributed by atoms with Crippen LogP contribution in [0.25, 0.3) is 0 Å². The van der Waals surface area contributed by atoms with Gasteiger partial charge >= 0.3 is 0 Å². The van der Waals surface area contributed by atoms with Crippen molar-refractivity contribution in [3.63, 3.8) is 0 Å². The molecule has 100 valence electrons. The first-order chi connectivity index (χ1) is 8.40. The second-order valence-corrected chi connectivity index (χ2v) is 5.74. The molecule has 0 heterocycles. The Bertz CT molecular complexity index is 412. The maximum atomic E-state index is 10.3. The number of para-hydroxylation sites is 1. The maximum absolute atomic E-state index is 10.3. The van der Waals surface area contributed by atoms with E-state index >= 15 is 0 Å². The summed E-state index contributed by atoms with van der Waals surface area (Å²) in [6.07, 6.45) is 3.88. The van der Waals surface area contributed by atoms with Crippen LogP contribution in [0.5, 0.6) is 5.75 Å². The van der Waals surface area contributed by atoms with Gasteiger partial charge in [-0.15, -0.1) is 0 Å². The summed E-state index contributed by atoms with van der Waals surface area (Å²) >= 11 is 0. The van der Waals surface area contributed by atoms with Crippen LogP contribution in [-0.2, 0) is 5.41 Å². The van der Waals surface area contributed by atoms with Crippen molar-refractivity contribution >= 4 is 6.21 Å². The lowest BCUT2D eigenvalue weighted by atomic mass is 9.85. The van der Waals surface area contributed by atoms with Crippen molar-refractivity contribution in [3.05, 3.63) is 29.3 Å². The van der Waals surface area contributed by atoms with E-state index in [1.54, 1.807) is 0 Å². The molecule has 0 fully saturated rings. The quantitative estimate of drug-likeness (QED) is 0.791. The van der Waals surface area contributed by atoms with Crippen molar-refractivity contribution in [2.75, 3.05) is 0 Å². The SMILES string of the molecule is CCC(CC)N=Cc1cccc(C(C)(C)C)c1O. The van der Waals surface area contributed by atoms with Gasteiger partial charge in [-0.1, -0.05) is 46.8 Å². The number of phenols is 1. The average Bonchev–Trinajstić information content (AvgIpc) is 2.30. The molecule has 0 aliphatic rings. The van der Waals surface area contributed by atoms with Gasteiger partial charge in [0.2, 0.25) is 0 Å². The Morgan fingerprint density at radius 2 is 1.83 bits per heavy atom. The third kappa shape index (κ3) is 3.59. The Morgan fingerprint density at radius 1 is 1.22 bits per heavy atom. The van der Waals surface area contributed by atoms with Gasteiger partial charge in [0.25, 0.3) is 0 Å². The van der Waals surface area contributed by atoms with Gasteiger partial charge < -0.3 is 5.11 Å². The summed E-state index contributed by atoms with van der Waals surface area (Å²) in [7, 11) is 0. The first-order valence-electron chi connectivity index (χ1n) is 6.75. The molecular weight excluding hydrogens is 222 g/mol. The van der Waals surface area contributed by atoms with Crippen LogP contribution >= 0.6 is 0 Å². The molecule has 0 saturated heterocycles. The molecule has 0 saturated carbocycles. The van der Waals surface area contributed by atoms with Crippen molar-refractivity contribution in [1.29, 1.82) is 0 Å². The minimum Gasteiger partial charge on any atom is -0.507 e. The summed E-state index contributed by atoms with van der Waals surface area (Å²) in [5.74, 6) is 0.361. The van der Waals surface area contributed by atoms with Gasteiger partial charge in [-0.2, -0.15) is 0 Å². The summed E-state index contributed by atoms with van der Waals surface area (Å²) in [6, 6.07) is 6.22. The highest BCUT2D eigenvalue weighted by Crippen LogP contribution is 2.32. The molecule has 0 spiro atoms. The van der Waals surface area contributed by atoms with Crippen molar-refractivity contribution in [3.8, 4) is 5.75 Å². The van der Waals surface area contributed by atoms with E-state index in [0.29, 0.717) is 11.8 Å². The summed E-state index contributed by atoms with van der Waals surface area (Å²) in [5, 5.41) is 10.3. The lowest BCUT2D eigenvalue weighted by Crippen LogP contribution is -2.12. The monoisotopic (exact) mass is 247 g/mol. The Labute approximate surface area is 111 Å². The molecule has 1 aromatic carbocycles. The fourth-order valence-electron chi connectivity index (χ4n) is 1.96. The first-order valence-corrected chi connectivity index (χ1v) is 6.75. The first kappa shape index (κ1) is 14.7. The lowest BCUT2D eigenvalue weighted by Gasteiger charge is -2.21. The van der Waals surface area contributed by atoms with Crippen LogP contribution in [0.15, 0.2) is 23.2 Å². The van der Waals surface area contributed by atoms with Crippen molar-refractivity contribution < 1.29 is 5.11 Å². The third-order valence-corrected chi connectivity index (χ3v) is 3.24. The molecule has 2 heteroatoms.